The van der Waals surface area contributed by atoms with Gasteiger partial charge < -0.3 is 15.4 Å². The highest BCUT2D eigenvalue weighted by molar-refractivity contribution is 6.30. The van der Waals surface area contributed by atoms with Crippen molar-refractivity contribution in [2.75, 3.05) is 19.8 Å². The van der Waals surface area contributed by atoms with E-state index in [1.165, 1.54) is 0 Å². The lowest BCUT2D eigenvalue weighted by atomic mass is 10.2. The normalized spacial score (nSPS) is 10.8. The summed E-state index contributed by atoms with van der Waals surface area (Å²) in [6.07, 6.45) is 0. The molecule has 0 spiro atoms. The summed E-state index contributed by atoms with van der Waals surface area (Å²) < 4.78 is 5.19. The molecule has 0 unspecified atom stereocenters. The van der Waals surface area contributed by atoms with Gasteiger partial charge in [0.25, 0.3) is 0 Å². The molecule has 0 atom stereocenters. The van der Waals surface area contributed by atoms with Gasteiger partial charge in [0.1, 0.15) is 6.61 Å². The summed E-state index contributed by atoms with van der Waals surface area (Å²) in [5.41, 5.74) is 6.33. The third kappa shape index (κ3) is 5.59. The molecule has 0 bridgehead atoms. The molecule has 0 aliphatic rings. The molecule has 0 aromatic heterocycles. The molecular weight excluding hydrogens is 264 g/mol. The average Bonchev–Trinajstić information content (AvgIpc) is 2.36. The first-order valence-electron chi connectivity index (χ1n) is 6.36. The van der Waals surface area contributed by atoms with Crippen LogP contribution in [0.2, 0.25) is 5.02 Å². The number of rotatable bonds is 7. The second kappa shape index (κ2) is 8.15. The quantitative estimate of drug-likeness (QED) is 0.780. The first-order valence-corrected chi connectivity index (χ1v) is 6.74. The van der Waals surface area contributed by atoms with Crippen LogP contribution < -0.4 is 5.73 Å². The lowest BCUT2D eigenvalue weighted by Crippen LogP contribution is -2.39. The van der Waals surface area contributed by atoms with Crippen LogP contribution in [0.1, 0.15) is 19.4 Å². The lowest BCUT2D eigenvalue weighted by Gasteiger charge is -2.27. The molecule has 0 fully saturated rings. The smallest absolute Gasteiger partial charge is 0.249 e. The standard InChI is InChI=1S/C14H21ClN2O2/c1-11(2)17(14(18)10-19-7-6-16)9-12-4-3-5-13(15)8-12/h3-5,8,11H,6-7,9-10,16H2,1-2H3. The van der Waals surface area contributed by atoms with Gasteiger partial charge in [-0.25, -0.2) is 0 Å². The summed E-state index contributed by atoms with van der Waals surface area (Å²) >= 11 is 5.95. The van der Waals surface area contributed by atoms with Crippen LogP contribution in [0.25, 0.3) is 0 Å². The fourth-order valence-corrected chi connectivity index (χ4v) is 1.93. The molecule has 0 aliphatic heterocycles. The number of benzene rings is 1. The van der Waals surface area contributed by atoms with Gasteiger partial charge in [0.05, 0.1) is 6.61 Å². The van der Waals surface area contributed by atoms with Crippen LogP contribution in [0.5, 0.6) is 0 Å². The maximum absolute atomic E-state index is 12.1. The summed E-state index contributed by atoms with van der Waals surface area (Å²) in [5, 5.41) is 0.674. The highest BCUT2D eigenvalue weighted by Crippen LogP contribution is 2.14. The van der Waals surface area contributed by atoms with Gasteiger partial charge in [-0.1, -0.05) is 23.7 Å². The molecule has 0 saturated carbocycles. The second-order valence-corrected chi connectivity index (χ2v) is 5.02. The molecule has 1 rings (SSSR count). The highest BCUT2D eigenvalue weighted by Gasteiger charge is 2.17. The molecule has 2 N–H and O–H groups in total. The molecule has 5 heteroatoms. The number of hydrogen-bond donors (Lipinski definition) is 1. The molecule has 0 heterocycles. The summed E-state index contributed by atoms with van der Waals surface area (Å²) in [5.74, 6) is -0.0385. The molecule has 0 aliphatic carbocycles. The van der Waals surface area contributed by atoms with E-state index in [-0.39, 0.29) is 18.6 Å². The summed E-state index contributed by atoms with van der Waals surface area (Å²) in [6, 6.07) is 7.62. The van der Waals surface area contributed by atoms with Crippen LogP contribution in [0.4, 0.5) is 0 Å². The zero-order valence-corrected chi connectivity index (χ0v) is 12.2. The zero-order valence-electron chi connectivity index (χ0n) is 11.4. The van der Waals surface area contributed by atoms with Crippen molar-refractivity contribution in [2.24, 2.45) is 5.73 Å². The van der Waals surface area contributed by atoms with E-state index in [0.717, 1.165) is 5.56 Å². The predicted octanol–water partition coefficient (Wildman–Crippen LogP) is 2.05. The van der Waals surface area contributed by atoms with Crippen LogP contribution >= 0.6 is 11.6 Å². The SMILES string of the molecule is CC(C)N(Cc1cccc(Cl)c1)C(=O)COCCN. The fourth-order valence-electron chi connectivity index (χ4n) is 1.72. The van der Waals surface area contributed by atoms with Crippen LogP contribution in [0, 0.1) is 0 Å². The van der Waals surface area contributed by atoms with Gasteiger partial charge in [0, 0.05) is 24.2 Å². The third-order valence-electron chi connectivity index (χ3n) is 2.67. The predicted molar refractivity (Wildman–Crippen MR) is 77.0 cm³/mol. The van der Waals surface area contributed by atoms with Crippen molar-refractivity contribution >= 4 is 17.5 Å². The van der Waals surface area contributed by atoms with E-state index in [9.17, 15) is 4.79 Å². The number of hydrogen-bond acceptors (Lipinski definition) is 3. The van der Waals surface area contributed by atoms with E-state index in [2.05, 4.69) is 0 Å². The molecular formula is C14H21ClN2O2. The minimum Gasteiger partial charge on any atom is -0.370 e. The van der Waals surface area contributed by atoms with Crippen LogP contribution in [-0.4, -0.2) is 36.6 Å². The molecule has 1 aromatic carbocycles. The van der Waals surface area contributed by atoms with Crippen molar-refractivity contribution in [2.45, 2.75) is 26.4 Å². The molecule has 0 saturated heterocycles. The van der Waals surface area contributed by atoms with Gasteiger partial charge in [-0.15, -0.1) is 0 Å². The largest absolute Gasteiger partial charge is 0.370 e. The van der Waals surface area contributed by atoms with Crippen LogP contribution in [0.15, 0.2) is 24.3 Å². The number of nitrogens with two attached hydrogens (primary N) is 1. The highest BCUT2D eigenvalue weighted by atomic mass is 35.5. The molecule has 1 aromatic rings. The number of ether oxygens (including phenoxy) is 1. The molecule has 106 valence electrons. The fraction of sp³-hybridized carbons (Fsp3) is 0.500. The topological polar surface area (TPSA) is 55.6 Å². The van der Waals surface area contributed by atoms with Gasteiger partial charge in [-0.05, 0) is 31.5 Å². The Morgan fingerprint density at radius 3 is 2.79 bits per heavy atom. The van der Waals surface area contributed by atoms with Crippen molar-refractivity contribution in [3.8, 4) is 0 Å². The molecule has 0 radical (unpaired) electrons. The van der Waals surface area contributed by atoms with Gasteiger partial charge in [0.2, 0.25) is 5.91 Å². The van der Waals surface area contributed by atoms with Gasteiger partial charge in [-0.2, -0.15) is 0 Å². The van der Waals surface area contributed by atoms with Gasteiger partial charge >= 0.3 is 0 Å². The number of carbonyl (C=O) groups excluding carboxylic acids is 1. The van der Waals surface area contributed by atoms with E-state index >= 15 is 0 Å². The second-order valence-electron chi connectivity index (χ2n) is 4.59. The Morgan fingerprint density at radius 2 is 2.21 bits per heavy atom. The number of carbonyl (C=O) groups is 1. The van der Waals surface area contributed by atoms with Crippen molar-refractivity contribution < 1.29 is 9.53 Å². The average molecular weight is 285 g/mol. The Balaban J connectivity index is 2.64. The Hall–Kier alpha value is -1.10. The Kier molecular flexibility index (Phi) is 6.84. The molecule has 19 heavy (non-hydrogen) atoms. The van der Waals surface area contributed by atoms with E-state index in [1.54, 1.807) is 4.90 Å². The third-order valence-corrected chi connectivity index (χ3v) is 2.91. The number of amides is 1. The minimum atomic E-state index is -0.0385. The maximum Gasteiger partial charge on any atom is 0.249 e. The van der Waals surface area contributed by atoms with Crippen molar-refractivity contribution in [3.63, 3.8) is 0 Å². The van der Waals surface area contributed by atoms with Crippen LogP contribution in [0.3, 0.4) is 0 Å². The van der Waals surface area contributed by atoms with Crippen molar-refractivity contribution in [3.05, 3.63) is 34.9 Å². The Bertz CT molecular complexity index is 410. The van der Waals surface area contributed by atoms with Crippen molar-refractivity contribution in [1.29, 1.82) is 0 Å². The van der Waals surface area contributed by atoms with Gasteiger partial charge in [0.15, 0.2) is 0 Å². The van der Waals surface area contributed by atoms with Gasteiger partial charge in [-0.3, -0.25) is 4.79 Å². The van der Waals surface area contributed by atoms with Crippen molar-refractivity contribution in [1.82, 2.24) is 4.90 Å². The molecule has 4 nitrogen and oxygen atoms in total. The summed E-state index contributed by atoms with van der Waals surface area (Å²) in [6.45, 7) is 5.37. The number of halogens is 1. The first kappa shape index (κ1) is 16.0. The van der Waals surface area contributed by atoms with E-state index < -0.39 is 0 Å². The lowest BCUT2D eigenvalue weighted by molar-refractivity contribution is -0.138. The summed E-state index contributed by atoms with van der Waals surface area (Å²) in [4.78, 5) is 13.8. The Morgan fingerprint density at radius 1 is 1.47 bits per heavy atom. The van der Waals surface area contributed by atoms with Crippen LogP contribution in [-0.2, 0) is 16.1 Å². The molecule has 1 amide bonds. The van der Waals surface area contributed by atoms with E-state index in [4.69, 9.17) is 22.1 Å². The minimum absolute atomic E-state index is 0.0385. The monoisotopic (exact) mass is 284 g/mol. The first-order chi connectivity index (χ1) is 9.04. The number of nitrogens with zero attached hydrogens (tertiary/aromatic N) is 1. The maximum atomic E-state index is 12.1. The van der Waals surface area contributed by atoms with E-state index in [0.29, 0.717) is 24.7 Å². The zero-order chi connectivity index (χ0) is 14.3. The summed E-state index contributed by atoms with van der Waals surface area (Å²) in [7, 11) is 0. The van der Waals surface area contributed by atoms with E-state index in [1.807, 2.05) is 38.1 Å². The Labute approximate surface area is 119 Å².